The van der Waals surface area contributed by atoms with Crippen molar-refractivity contribution in [3.63, 3.8) is 0 Å². The van der Waals surface area contributed by atoms with Gasteiger partial charge in [0.2, 0.25) is 0 Å². The Morgan fingerprint density at radius 3 is 2.64 bits per heavy atom. The van der Waals surface area contributed by atoms with Crippen molar-refractivity contribution in [2.24, 2.45) is 0 Å². The molecule has 0 aromatic carbocycles. The molecule has 6 nitrogen and oxygen atoms in total. The first kappa shape index (κ1) is 16.4. The number of rotatable bonds is 1. The molecule has 1 aliphatic heterocycles. The van der Waals surface area contributed by atoms with Crippen molar-refractivity contribution in [1.29, 1.82) is 0 Å². The molecule has 0 unspecified atom stereocenters. The zero-order valence-corrected chi connectivity index (χ0v) is 13.9. The van der Waals surface area contributed by atoms with Crippen LogP contribution in [0.5, 0.6) is 0 Å². The lowest BCUT2D eigenvalue weighted by Gasteiger charge is -2.26. The van der Waals surface area contributed by atoms with Crippen LogP contribution in [-0.2, 0) is 4.74 Å². The van der Waals surface area contributed by atoms with Gasteiger partial charge in [0.25, 0.3) is 0 Å². The fourth-order valence-electron chi connectivity index (χ4n) is 2.36. The van der Waals surface area contributed by atoms with Crippen molar-refractivity contribution >= 4 is 17.6 Å². The van der Waals surface area contributed by atoms with Crippen LogP contribution in [-0.4, -0.2) is 47.8 Å². The van der Waals surface area contributed by atoms with E-state index in [4.69, 9.17) is 10.5 Å². The highest BCUT2D eigenvalue weighted by molar-refractivity contribution is 5.68. The molecule has 0 aliphatic carbocycles. The van der Waals surface area contributed by atoms with Crippen molar-refractivity contribution in [2.45, 2.75) is 39.7 Å². The maximum Gasteiger partial charge on any atom is 0.410 e. The minimum Gasteiger partial charge on any atom is -0.444 e. The maximum atomic E-state index is 12.2. The van der Waals surface area contributed by atoms with Gasteiger partial charge in [0, 0.05) is 44.1 Å². The van der Waals surface area contributed by atoms with Gasteiger partial charge >= 0.3 is 6.09 Å². The highest BCUT2D eigenvalue weighted by Gasteiger charge is 2.24. The summed E-state index contributed by atoms with van der Waals surface area (Å²) < 4.78 is 5.44. The van der Waals surface area contributed by atoms with Gasteiger partial charge in [-0.15, -0.1) is 0 Å². The number of nitrogen functional groups attached to an aromatic ring is 1. The summed E-state index contributed by atoms with van der Waals surface area (Å²) in [6, 6.07) is 1.90. The number of aryl methyl sites for hydroxylation is 1. The van der Waals surface area contributed by atoms with E-state index in [9.17, 15) is 4.79 Å². The minimum absolute atomic E-state index is 0.245. The van der Waals surface area contributed by atoms with Crippen molar-refractivity contribution in [2.75, 3.05) is 36.8 Å². The minimum atomic E-state index is -0.462. The smallest absolute Gasteiger partial charge is 0.410 e. The van der Waals surface area contributed by atoms with Gasteiger partial charge in [-0.1, -0.05) is 0 Å². The van der Waals surface area contributed by atoms with Crippen molar-refractivity contribution in [3.05, 3.63) is 17.8 Å². The maximum absolute atomic E-state index is 12.2. The molecule has 122 valence electrons. The number of amides is 1. The van der Waals surface area contributed by atoms with Gasteiger partial charge in [0.15, 0.2) is 0 Å². The molecule has 1 saturated heterocycles. The van der Waals surface area contributed by atoms with Crippen LogP contribution in [0.15, 0.2) is 12.3 Å². The number of hydrogen-bond acceptors (Lipinski definition) is 5. The number of carbonyl (C=O) groups is 1. The molecule has 0 spiro atoms. The third kappa shape index (κ3) is 4.26. The third-order valence-corrected chi connectivity index (χ3v) is 3.60. The topological polar surface area (TPSA) is 71.7 Å². The predicted octanol–water partition coefficient (Wildman–Crippen LogP) is 2.42. The molecule has 2 N–H and O–H groups in total. The summed E-state index contributed by atoms with van der Waals surface area (Å²) in [4.78, 5) is 20.5. The summed E-state index contributed by atoms with van der Waals surface area (Å²) >= 11 is 0. The Balaban J connectivity index is 2.00. The standard InChI is InChI=1S/C16H26N4O2/c1-12-11-18-14(10-13(12)17)19-6-5-7-20(9-8-19)15(21)22-16(2,3)4/h10-11H,5-9H2,1-4H3,(H2,17,18). The zero-order valence-electron chi connectivity index (χ0n) is 13.9. The van der Waals surface area contributed by atoms with Crippen molar-refractivity contribution in [3.8, 4) is 0 Å². The Labute approximate surface area is 132 Å². The average molecular weight is 306 g/mol. The molecular weight excluding hydrogens is 280 g/mol. The van der Waals surface area contributed by atoms with E-state index < -0.39 is 5.60 Å². The number of carbonyl (C=O) groups excluding carboxylic acids is 1. The van der Waals surface area contributed by atoms with Crippen LogP contribution in [0.25, 0.3) is 0 Å². The summed E-state index contributed by atoms with van der Waals surface area (Å²) in [6.45, 7) is 10.5. The van der Waals surface area contributed by atoms with E-state index in [1.807, 2.05) is 33.8 Å². The quantitative estimate of drug-likeness (QED) is 0.862. The largest absolute Gasteiger partial charge is 0.444 e. The van der Waals surface area contributed by atoms with Gasteiger partial charge in [-0.25, -0.2) is 9.78 Å². The van der Waals surface area contributed by atoms with Crippen LogP contribution in [0.4, 0.5) is 16.3 Å². The lowest BCUT2D eigenvalue weighted by atomic mass is 10.2. The second-order valence-corrected chi connectivity index (χ2v) is 6.71. The van der Waals surface area contributed by atoms with Crippen molar-refractivity contribution < 1.29 is 9.53 Å². The average Bonchev–Trinajstić information content (AvgIpc) is 2.66. The monoisotopic (exact) mass is 306 g/mol. The van der Waals surface area contributed by atoms with Crippen molar-refractivity contribution in [1.82, 2.24) is 9.88 Å². The molecule has 1 aromatic rings. The summed E-state index contributed by atoms with van der Waals surface area (Å²) in [5, 5.41) is 0. The molecule has 6 heteroatoms. The van der Waals surface area contributed by atoms with E-state index in [-0.39, 0.29) is 6.09 Å². The summed E-state index contributed by atoms with van der Waals surface area (Å²) in [7, 11) is 0. The van der Waals surface area contributed by atoms with Crippen LogP contribution in [0.1, 0.15) is 32.8 Å². The second-order valence-electron chi connectivity index (χ2n) is 6.71. The van der Waals surface area contributed by atoms with E-state index in [1.165, 1.54) is 0 Å². The molecule has 22 heavy (non-hydrogen) atoms. The van der Waals surface area contributed by atoms with Crippen LogP contribution in [0.2, 0.25) is 0 Å². The normalized spacial score (nSPS) is 16.4. The highest BCUT2D eigenvalue weighted by Crippen LogP contribution is 2.20. The number of ether oxygens (including phenoxy) is 1. The summed E-state index contributed by atoms with van der Waals surface area (Å²) in [5.41, 5.74) is 7.23. The number of nitrogens with zero attached hydrogens (tertiary/aromatic N) is 3. The Hall–Kier alpha value is -1.98. The predicted molar refractivity (Wildman–Crippen MR) is 88.0 cm³/mol. The fourth-order valence-corrected chi connectivity index (χ4v) is 2.36. The molecule has 0 atom stereocenters. The van der Waals surface area contributed by atoms with Crippen LogP contribution < -0.4 is 10.6 Å². The fraction of sp³-hybridized carbons (Fsp3) is 0.625. The Kier molecular flexibility index (Phi) is 4.78. The van der Waals surface area contributed by atoms with Gasteiger partial charge in [0.05, 0.1) is 0 Å². The van der Waals surface area contributed by atoms with E-state index >= 15 is 0 Å². The lowest BCUT2D eigenvalue weighted by Crippen LogP contribution is -2.39. The summed E-state index contributed by atoms with van der Waals surface area (Å²) in [5.74, 6) is 0.870. The van der Waals surface area contributed by atoms with Gasteiger partial charge in [0.1, 0.15) is 11.4 Å². The first-order valence-corrected chi connectivity index (χ1v) is 7.71. The molecule has 1 aliphatic rings. The first-order chi connectivity index (χ1) is 10.3. The van der Waals surface area contributed by atoms with E-state index in [2.05, 4.69) is 9.88 Å². The van der Waals surface area contributed by atoms with Gasteiger partial charge in [-0.3, -0.25) is 0 Å². The Morgan fingerprint density at radius 2 is 2.00 bits per heavy atom. The Bertz CT molecular complexity index is 539. The molecular formula is C16H26N4O2. The molecule has 2 rings (SSSR count). The van der Waals surface area contributed by atoms with Gasteiger partial charge < -0.3 is 20.3 Å². The molecule has 0 bridgehead atoms. The van der Waals surface area contributed by atoms with Crippen LogP contribution >= 0.6 is 0 Å². The molecule has 0 radical (unpaired) electrons. The highest BCUT2D eigenvalue weighted by atomic mass is 16.6. The molecule has 1 amide bonds. The molecule has 1 fully saturated rings. The third-order valence-electron chi connectivity index (χ3n) is 3.60. The van der Waals surface area contributed by atoms with Crippen LogP contribution in [0, 0.1) is 6.92 Å². The zero-order chi connectivity index (χ0) is 16.3. The SMILES string of the molecule is Cc1cnc(N2CCCN(C(=O)OC(C)(C)C)CC2)cc1N. The number of pyridine rings is 1. The second kappa shape index (κ2) is 6.42. The first-order valence-electron chi connectivity index (χ1n) is 7.71. The Morgan fingerprint density at radius 1 is 1.27 bits per heavy atom. The van der Waals surface area contributed by atoms with Gasteiger partial charge in [-0.05, 0) is 39.7 Å². The van der Waals surface area contributed by atoms with E-state index in [0.29, 0.717) is 13.1 Å². The van der Waals surface area contributed by atoms with E-state index in [0.717, 1.165) is 36.6 Å². The van der Waals surface area contributed by atoms with Gasteiger partial charge in [-0.2, -0.15) is 0 Å². The molecule has 0 saturated carbocycles. The molecule has 1 aromatic heterocycles. The number of anilines is 2. The lowest BCUT2D eigenvalue weighted by molar-refractivity contribution is 0.0263. The number of aromatic nitrogens is 1. The van der Waals surface area contributed by atoms with Crippen LogP contribution in [0.3, 0.4) is 0 Å². The number of hydrogen-bond donors (Lipinski definition) is 1. The summed E-state index contributed by atoms with van der Waals surface area (Å²) in [6.07, 6.45) is 2.43. The van der Waals surface area contributed by atoms with E-state index in [1.54, 1.807) is 11.1 Å². The molecule has 2 heterocycles. The number of nitrogens with two attached hydrogens (primary N) is 1.